The number of nitrogens with one attached hydrogen (secondary N) is 2. The Morgan fingerprint density at radius 3 is 2.68 bits per heavy atom. The van der Waals surface area contributed by atoms with E-state index < -0.39 is 0 Å². The van der Waals surface area contributed by atoms with Crippen molar-refractivity contribution in [3.63, 3.8) is 0 Å². The maximum atomic E-state index is 11.1. The molecule has 25 heavy (non-hydrogen) atoms. The average Bonchev–Trinajstić information content (AvgIpc) is 2.61. The first-order valence-electron chi connectivity index (χ1n) is 8.88. The molecule has 1 aromatic carbocycles. The highest BCUT2D eigenvalue weighted by Gasteiger charge is 2.06. The third kappa shape index (κ3) is 8.98. The van der Waals surface area contributed by atoms with E-state index in [1.54, 1.807) is 0 Å². The van der Waals surface area contributed by atoms with Crippen molar-refractivity contribution in [3.8, 4) is 5.75 Å². The van der Waals surface area contributed by atoms with Gasteiger partial charge in [-0.05, 0) is 45.2 Å². The highest BCUT2D eigenvalue weighted by Crippen LogP contribution is 2.17. The number of carbonyl (C=O) groups is 1. The molecule has 6 heteroatoms. The molecule has 140 valence electrons. The summed E-state index contributed by atoms with van der Waals surface area (Å²) >= 11 is 0. The molecule has 0 aliphatic carbocycles. The zero-order valence-corrected chi connectivity index (χ0v) is 15.8. The minimum Gasteiger partial charge on any atom is -0.489 e. The monoisotopic (exact) mass is 349 g/mol. The number of ether oxygens (including phenoxy) is 2. The van der Waals surface area contributed by atoms with Crippen LogP contribution in [-0.4, -0.2) is 44.8 Å². The van der Waals surface area contributed by atoms with Crippen LogP contribution in [-0.2, 0) is 9.53 Å². The second-order valence-electron chi connectivity index (χ2n) is 5.87. The van der Waals surface area contributed by atoms with Crippen LogP contribution in [0, 0.1) is 6.92 Å². The number of rotatable bonds is 10. The second-order valence-corrected chi connectivity index (χ2v) is 5.87. The number of nitrogens with zero attached hydrogens (tertiary/aromatic N) is 1. The number of hydrogen-bond donors (Lipinski definition) is 2. The number of unbranched alkanes of at least 4 members (excludes halogenated alkanes) is 1. The lowest BCUT2D eigenvalue weighted by Gasteiger charge is -2.16. The molecule has 0 aromatic heterocycles. The summed E-state index contributed by atoms with van der Waals surface area (Å²) in [5.41, 5.74) is 1.12. The van der Waals surface area contributed by atoms with Crippen molar-refractivity contribution in [1.29, 1.82) is 0 Å². The molecule has 0 bridgehead atoms. The predicted molar refractivity (Wildman–Crippen MR) is 101 cm³/mol. The van der Waals surface area contributed by atoms with E-state index in [0.717, 1.165) is 43.2 Å². The van der Waals surface area contributed by atoms with Crippen LogP contribution in [0.15, 0.2) is 29.3 Å². The molecule has 0 spiro atoms. The maximum Gasteiger partial charge on any atom is 0.305 e. The lowest BCUT2D eigenvalue weighted by molar-refractivity contribution is -0.140. The van der Waals surface area contributed by atoms with Gasteiger partial charge in [-0.25, -0.2) is 4.99 Å². The van der Waals surface area contributed by atoms with E-state index in [1.807, 2.05) is 45.0 Å². The summed E-state index contributed by atoms with van der Waals surface area (Å²) in [6.07, 6.45) is 2.12. The van der Waals surface area contributed by atoms with Gasteiger partial charge >= 0.3 is 5.97 Å². The average molecular weight is 349 g/mol. The van der Waals surface area contributed by atoms with Gasteiger partial charge in [-0.15, -0.1) is 0 Å². The maximum absolute atomic E-state index is 11.1. The van der Waals surface area contributed by atoms with Gasteiger partial charge < -0.3 is 20.1 Å². The molecule has 6 nitrogen and oxygen atoms in total. The largest absolute Gasteiger partial charge is 0.489 e. The molecule has 0 saturated carbocycles. The fraction of sp³-hybridized carbons (Fsp3) is 0.579. The Hall–Kier alpha value is -2.24. The Morgan fingerprint density at radius 2 is 2.00 bits per heavy atom. The van der Waals surface area contributed by atoms with Crippen molar-refractivity contribution < 1.29 is 14.3 Å². The molecule has 1 atom stereocenters. The van der Waals surface area contributed by atoms with E-state index in [9.17, 15) is 4.79 Å². The van der Waals surface area contributed by atoms with Crippen molar-refractivity contribution >= 4 is 11.9 Å². The Morgan fingerprint density at radius 1 is 1.24 bits per heavy atom. The standard InChI is InChI=1S/C19H31N3O3/c1-5-20-19(21-13-9-8-12-18(23)24-4)22-14-16(3)25-17-11-7-6-10-15(17)2/h6-7,10-11,16H,5,8-9,12-14H2,1-4H3,(H2,20,21,22). The van der Waals surface area contributed by atoms with E-state index in [0.29, 0.717) is 13.0 Å². The Bertz CT molecular complexity index is 546. The number of aliphatic imine (C=N–C) groups is 1. The molecule has 0 fully saturated rings. The van der Waals surface area contributed by atoms with E-state index in [1.165, 1.54) is 7.11 Å². The SMILES string of the molecule is CCNC(=NCC(C)Oc1ccccc1C)NCCCCC(=O)OC. The zero-order valence-electron chi connectivity index (χ0n) is 15.8. The molecule has 2 N–H and O–H groups in total. The highest BCUT2D eigenvalue weighted by atomic mass is 16.5. The number of esters is 1. The quantitative estimate of drug-likeness (QED) is 0.294. The number of carbonyl (C=O) groups excluding carboxylic acids is 1. The van der Waals surface area contributed by atoms with E-state index in [-0.39, 0.29) is 12.1 Å². The van der Waals surface area contributed by atoms with Gasteiger partial charge in [-0.1, -0.05) is 18.2 Å². The van der Waals surface area contributed by atoms with Gasteiger partial charge in [0.05, 0.1) is 13.7 Å². The van der Waals surface area contributed by atoms with Crippen LogP contribution in [0.3, 0.4) is 0 Å². The summed E-state index contributed by atoms with van der Waals surface area (Å²) in [6, 6.07) is 7.97. The molecule has 0 saturated heterocycles. The number of methoxy groups -OCH3 is 1. The highest BCUT2D eigenvalue weighted by molar-refractivity contribution is 5.79. The fourth-order valence-corrected chi connectivity index (χ4v) is 2.21. The van der Waals surface area contributed by atoms with Crippen LogP contribution < -0.4 is 15.4 Å². The van der Waals surface area contributed by atoms with Gasteiger partial charge in [0.15, 0.2) is 5.96 Å². The van der Waals surface area contributed by atoms with Crippen molar-refractivity contribution in [2.24, 2.45) is 4.99 Å². The van der Waals surface area contributed by atoms with Crippen molar-refractivity contribution in [2.45, 2.75) is 46.1 Å². The molecule has 0 aliphatic rings. The van der Waals surface area contributed by atoms with E-state index in [4.69, 9.17) is 4.74 Å². The van der Waals surface area contributed by atoms with E-state index >= 15 is 0 Å². The molecular formula is C19H31N3O3. The number of guanidine groups is 1. The van der Waals surface area contributed by atoms with Crippen LogP contribution in [0.25, 0.3) is 0 Å². The summed E-state index contributed by atoms with van der Waals surface area (Å²) in [7, 11) is 1.41. The number of benzene rings is 1. The van der Waals surface area contributed by atoms with Gasteiger partial charge in [-0.3, -0.25) is 4.79 Å². The molecule has 0 radical (unpaired) electrons. The van der Waals surface area contributed by atoms with Crippen LogP contribution in [0.4, 0.5) is 0 Å². The predicted octanol–water partition coefficient (Wildman–Crippen LogP) is 2.66. The summed E-state index contributed by atoms with van der Waals surface area (Å²) in [5.74, 6) is 1.49. The first-order chi connectivity index (χ1) is 12.1. The molecule has 1 rings (SSSR count). The summed E-state index contributed by atoms with van der Waals surface area (Å²) in [5, 5.41) is 6.49. The number of aryl methyl sites for hydroxylation is 1. The summed E-state index contributed by atoms with van der Waals surface area (Å²) < 4.78 is 10.6. The fourth-order valence-electron chi connectivity index (χ4n) is 2.21. The van der Waals surface area contributed by atoms with Crippen LogP contribution >= 0.6 is 0 Å². The topological polar surface area (TPSA) is 72.0 Å². The molecule has 1 unspecified atom stereocenters. The van der Waals surface area contributed by atoms with E-state index in [2.05, 4.69) is 20.4 Å². The summed E-state index contributed by atoms with van der Waals surface area (Å²) in [4.78, 5) is 15.6. The van der Waals surface area contributed by atoms with Crippen molar-refractivity contribution in [1.82, 2.24) is 10.6 Å². The Balaban J connectivity index is 2.38. The molecule has 0 aliphatic heterocycles. The third-order valence-corrected chi connectivity index (χ3v) is 3.60. The lowest BCUT2D eigenvalue weighted by Crippen LogP contribution is -2.38. The molecule has 1 aromatic rings. The number of para-hydroxylation sites is 1. The van der Waals surface area contributed by atoms with Gasteiger partial charge in [0.25, 0.3) is 0 Å². The molecular weight excluding hydrogens is 318 g/mol. The van der Waals surface area contributed by atoms with Gasteiger partial charge in [0, 0.05) is 19.5 Å². The van der Waals surface area contributed by atoms with Gasteiger partial charge in [0.1, 0.15) is 11.9 Å². The molecule has 0 amide bonds. The first kappa shape index (κ1) is 20.8. The van der Waals surface area contributed by atoms with Crippen molar-refractivity contribution in [3.05, 3.63) is 29.8 Å². The van der Waals surface area contributed by atoms with Crippen molar-refractivity contribution in [2.75, 3.05) is 26.7 Å². The van der Waals surface area contributed by atoms with Gasteiger partial charge in [-0.2, -0.15) is 0 Å². The minimum absolute atomic E-state index is 0.0177. The Labute approximate surface area is 151 Å². The normalized spacial score (nSPS) is 12.4. The van der Waals surface area contributed by atoms with Gasteiger partial charge in [0.2, 0.25) is 0 Å². The number of hydrogen-bond acceptors (Lipinski definition) is 4. The summed E-state index contributed by atoms with van der Waals surface area (Å²) in [6.45, 7) is 8.19. The first-order valence-corrected chi connectivity index (χ1v) is 8.88. The lowest BCUT2D eigenvalue weighted by atomic mass is 10.2. The Kier molecular flexibility index (Phi) is 10.1. The second kappa shape index (κ2) is 12.2. The third-order valence-electron chi connectivity index (χ3n) is 3.60. The minimum atomic E-state index is -0.164. The van der Waals surface area contributed by atoms with Crippen LogP contribution in [0.5, 0.6) is 5.75 Å². The molecule has 0 heterocycles. The smallest absolute Gasteiger partial charge is 0.305 e. The zero-order chi connectivity index (χ0) is 18.5. The van der Waals surface area contributed by atoms with Crippen LogP contribution in [0.1, 0.15) is 38.7 Å². The van der Waals surface area contributed by atoms with Crippen LogP contribution in [0.2, 0.25) is 0 Å².